The highest BCUT2D eigenvalue weighted by Crippen LogP contribution is 2.35. The summed E-state index contributed by atoms with van der Waals surface area (Å²) in [6.07, 6.45) is -3.74. The fraction of sp³-hybridized carbons (Fsp3) is 0.294. The number of alkyl halides is 3. The summed E-state index contributed by atoms with van der Waals surface area (Å²) in [5.41, 5.74) is 1.10. The number of halogens is 3. The highest BCUT2D eigenvalue weighted by atomic mass is 19.4. The van der Waals surface area contributed by atoms with Gasteiger partial charge in [-0.1, -0.05) is 67.6 Å². The zero-order valence-electron chi connectivity index (χ0n) is 11.8. The Hall–Kier alpha value is -1.81. The number of rotatable bonds is 5. The summed E-state index contributed by atoms with van der Waals surface area (Å²) in [5, 5.41) is 2.75. The molecule has 0 saturated carbocycles. The van der Waals surface area contributed by atoms with Crippen LogP contribution in [0.4, 0.5) is 13.2 Å². The van der Waals surface area contributed by atoms with Gasteiger partial charge in [0.15, 0.2) is 0 Å². The second-order valence-electron chi connectivity index (χ2n) is 4.92. The van der Waals surface area contributed by atoms with E-state index in [2.05, 4.69) is 5.32 Å². The summed E-state index contributed by atoms with van der Waals surface area (Å²) in [6, 6.07) is 15.2. The van der Waals surface area contributed by atoms with Crippen LogP contribution < -0.4 is 5.32 Å². The van der Waals surface area contributed by atoms with Gasteiger partial charge in [-0.25, -0.2) is 0 Å². The van der Waals surface area contributed by atoms with Gasteiger partial charge in [0.05, 0.1) is 0 Å². The van der Waals surface area contributed by atoms with E-state index in [4.69, 9.17) is 0 Å². The van der Waals surface area contributed by atoms with E-state index in [-0.39, 0.29) is 11.6 Å². The number of hydrogen-bond acceptors (Lipinski definition) is 1. The van der Waals surface area contributed by atoms with Gasteiger partial charge in [0.1, 0.15) is 6.04 Å². The summed E-state index contributed by atoms with van der Waals surface area (Å²) in [5.74, 6) is 0. The van der Waals surface area contributed by atoms with E-state index in [1.165, 1.54) is 12.1 Å². The van der Waals surface area contributed by atoms with Crippen molar-refractivity contribution < 1.29 is 13.2 Å². The molecule has 0 amide bonds. The fourth-order valence-corrected chi connectivity index (χ4v) is 2.36. The first-order valence-corrected chi connectivity index (χ1v) is 6.95. The molecular formula is C17H18F3N. The number of nitrogens with one attached hydrogen (secondary N) is 1. The third-order valence-corrected chi connectivity index (χ3v) is 3.44. The molecule has 0 radical (unpaired) electrons. The van der Waals surface area contributed by atoms with E-state index in [0.717, 1.165) is 5.56 Å². The van der Waals surface area contributed by atoms with E-state index in [0.29, 0.717) is 6.42 Å². The maximum atomic E-state index is 13.4. The predicted octanol–water partition coefficient (Wildman–Crippen LogP) is 5.03. The molecule has 0 aliphatic heterocycles. The zero-order valence-corrected chi connectivity index (χ0v) is 11.8. The standard InChI is InChI=1S/C17H18F3N/c1-2-15(13-9-5-3-6-10-13)21-16(17(18,19)20)14-11-7-4-8-12-14/h3-12,15-16,21H,2H2,1H3. The lowest BCUT2D eigenvalue weighted by Gasteiger charge is -2.27. The molecule has 4 heteroatoms. The second kappa shape index (κ2) is 6.76. The Balaban J connectivity index is 2.26. The molecule has 112 valence electrons. The molecular weight excluding hydrogens is 275 g/mol. The van der Waals surface area contributed by atoms with Gasteiger partial charge in [-0.2, -0.15) is 13.2 Å². The van der Waals surface area contributed by atoms with Gasteiger partial charge in [-0.3, -0.25) is 5.32 Å². The summed E-state index contributed by atoms with van der Waals surface area (Å²) >= 11 is 0. The van der Waals surface area contributed by atoms with Gasteiger partial charge in [0.25, 0.3) is 0 Å². The Bertz CT molecular complexity index is 537. The molecule has 2 atom stereocenters. The molecule has 1 N–H and O–H groups in total. The van der Waals surface area contributed by atoms with Crippen LogP contribution in [0.25, 0.3) is 0 Å². The van der Waals surface area contributed by atoms with E-state index in [1.807, 2.05) is 37.3 Å². The van der Waals surface area contributed by atoms with Crippen LogP contribution in [-0.2, 0) is 0 Å². The average molecular weight is 293 g/mol. The third-order valence-electron chi connectivity index (χ3n) is 3.44. The van der Waals surface area contributed by atoms with Crippen molar-refractivity contribution in [1.29, 1.82) is 0 Å². The Morgan fingerprint density at radius 3 is 1.76 bits per heavy atom. The molecule has 0 spiro atoms. The molecule has 0 aliphatic rings. The Kier molecular flexibility index (Phi) is 5.02. The molecule has 0 bridgehead atoms. The minimum atomic E-state index is -4.33. The topological polar surface area (TPSA) is 12.0 Å². The molecule has 2 unspecified atom stereocenters. The lowest BCUT2D eigenvalue weighted by Crippen LogP contribution is -2.36. The summed E-state index contributed by atoms with van der Waals surface area (Å²) < 4.78 is 40.1. The Morgan fingerprint density at radius 1 is 0.857 bits per heavy atom. The average Bonchev–Trinajstić information content (AvgIpc) is 2.49. The van der Waals surface area contributed by atoms with Crippen LogP contribution >= 0.6 is 0 Å². The Morgan fingerprint density at radius 2 is 1.33 bits per heavy atom. The van der Waals surface area contributed by atoms with Crippen molar-refractivity contribution in [2.24, 2.45) is 0 Å². The molecule has 0 aromatic heterocycles. The maximum Gasteiger partial charge on any atom is 0.407 e. The van der Waals surface area contributed by atoms with E-state index < -0.39 is 12.2 Å². The predicted molar refractivity (Wildman–Crippen MR) is 77.8 cm³/mol. The quantitative estimate of drug-likeness (QED) is 0.815. The van der Waals surface area contributed by atoms with Gasteiger partial charge in [-0.05, 0) is 17.5 Å². The van der Waals surface area contributed by atoms with Crippen LogP contribution in [0.15, 0.2) is 60.7 Å². The van der Waals surface area contributed by atoms with Gasteiger partial charge < -0.3 is 0 Å². The minimum absolute atomic E-state index is 0.236. The highest BCUT2D eigenvalue weighted by molar-refractivity contribution is 5.23. The third kappa shape index (κ3) is 4.08. The smallest absolute Gasteiger partial charge is 0.296 e. The summed E-state index contributed by atoms with van der Waals surface area (Å²) in [4.78, 5) is 0. The number of benzene rings is 2. The first-order chi connectivity index (χ1) is 10.0. The molecule has 21 heavy (non-hydrogen) atoms. The SMILES string of the molecule is CCC(NC(c1ccccc1)C(F)(F)F)c1ccccc1. The molecule has 0 heterocycles. The van der Waals surface area contributed by atoms with Crippen LogP contribution in [0, 0.1) is 0 Å². The molecule has 2 aromatic carbocycles. The Labute approximate surface area is 122 Å². The molecule has 0 aliphatic carbocycles. The normalized spacial score (nSPS) is 14.7. The largest absolute Gasteiger partial charge is 0.407 e. The first-order valence-electron chi connectivity index (χ1n) is 6.95. The van der Waals surface area contributed by atoms with Gasteiger partial charge in [0, 0.05) is 6.04 Å². The van der Waals surface area contributed by atoms with E-state index >= 15 is 0 Å². The minimum Gasteiger partial charge on any atom is -0.296 e. The molecule has 0 saturated heterocycles. The maximum absolute atomic E-state index is 13.4. The molecule has 2 rings (SSSR count). The van der Waals surface area contributed by atoms with Gasteiger partial charge in [0.2, 0.25) is 0 Å². The van der Waals surface area contributed by atoms with Crippen molar-refractivity contribution in [3.63, 3.8) is 0 Å². The molecule has 1 nitrogen and oxygen atoms in total. The fourth-order valence-electron chi connectivity index (χ4n) is 2.36. The van der Waals surface area contributed by atoms with Crippen LogP contribution in [-0.4, -0.2) is 6.18 Å². The van der Waals surface area contributed by atoms with E-state index in [1.54, 1.807) is 18.2 Å². The van der Waals surface area contributed by atoms with Crippen molar-refractivity contribution in [3.05, 3.63) is 71.8 Å². The highest BCUT2D eigenvalue weighted by Gasteiger charge is 2.41. The van der Waals surface area contributed by atoms with Crippen molar-refractivity contribution in [2.75, 3.05) is 0 Å². The lowest BCUT2D eigenvalue weighted by molar-refractivity contribution is -0.160. The van der Waals surface area contributed by atoms with Crippen LogP contribution in [0.5, 0.6) is 0 Å². The van der Waals surface area contributed by atoms with Gasteiger partial charge in [-0.15, -0.1) is 0 Å². The van der Waals surface area contributed by atoms with Crippen LogP contribution in [0.2, 0.25) is 0 Å². The first kappa shape index (κ1) is 15.6. The van der Waals surface area contributed by atoms with Crippen molar-refractivity contribution in [2.45, 2.75) is 31.6 Å². The summed E-state index contributed by atoms with van der Waals surface area (Å²) in [6.45, 7) is 1.88. The zero-order chi connectivity index (χ0) is 15.3. The van der Waals surface area contributed by atoms with Crippen molar-refractivity contribution >= 4 is 0 Å². The summed E-state index contributed by atoms with van der Waals surface area (Å²) in [7, 11) is 0. The van der Waals surface area contributed by atoms with Crippen LogP contribution in [0.3, 0.4) is 0 Å². The monoisotopic (exact) mass is 293 g/mol. The molecule has 2 aromatic rings. The lowest BCUT2D eigenvalue weighted by atomic mass is 10.0. The van der Waals surface area contributed by atoms with Gasteiger partial charge >= 0.3 is 6.18 Å². The van der Waals surface area contributed by atoms with Crippen molar-refractivity contribution in [3.8, 4) is 0 Å². The van der Waals surface area contributed by atoms with Crippen molar-refractivity contribution in [1.82, 2.24) is 5.32 Å². The number of hydrogen-bond donors (Lipinski definition) is 1. The van der Waals surface area contributed by atoms with E-state index in [9.17, 15) is 13.2 Å². The van der Waals surface area contributed by atoms with Crippen LogP contribution in [0.1, 0.15) is 36.6 Å². The second-order valence-corrected chi connectivity index (χ2v) is 4.92. The molecule has 0 fully saturated rings.